The number of rotatable bonds is 10. The first-order chi connectivity index (χ1) is 12.7. The third-order valence-electron chi connectivity index (χ3n) is 3.56. The molecule has 136 valence electrons. The molecule has 0 aromatic heterocycles. The normalized spacial score (nSPS) is 9.85. The number of ether oxygens (including phenoxy) is 3. The van der Waals surface area contributed by atoms with Crippen molar-refractivity contribution in [2.75, 3.05) is 26.9 Å². The smallest absolute Gasteiger partial charge is 0.234 e. The number of methoxy groups -OCH3 is 1. The minimum atomic E-state index is -0.266. The highest BCUT2D eigenvalue weighted by atomic mass is 16.5. The molecule has 6 heteroatoms. The highest BCUT2D eigenvalue weighted by Crippen LogP contribution is 2.28. The number of amides is 1. The van der Waals surface area contributed by atoms with Gasteiger partial charge < -0.3 is 19.5 Å². The first kappa shape index (κ1) is 19.1. The van der Waals surface area contributed by atoms with Crippen LogP contribution in [0.5, 0.6) is 17.2 Å². The summed E-state index contributed by atoms with van der Waals surface area (Å²) >= 11 is 0. The molecule has 0 heterocycles. The average Bonchev–Trinajstić information content (AvgIpc) is 2.67. The highest BCUT2D eigenvalue weighted by Gasteiger charge is 2.07. The Bertz CT molecular complexity index is 741. The predicted molar refractivity (Wildman–Crippen MR) is 97.4 cm³/mol. The van der Waals surface area contributed by atoms with E-state index >= 15 is 0 Å². The molecular weight excluding hydrogens is 332 g/mol. The summed E-state index contributed by atoms with van der Waals surface area (Å²) in [5, 5.41) is 11.1. The molecule has 6 nitrogen and oxygen atoms in total. The summed E-state index contributed by atoms with van der Waals surface area (Å²) in [5.41, 5.74) is 1.01. The van der Waals surface area contributed by atoms with Crippen molar-refractivity contribution < 1.29 is 19.0 Å². The fourth-order valence-corrected chi connectivity index (χ4v) is 2.30. The van der Waals surface area contributed by atoms with E-state index in [1.54, 1.807) is 7.11 Å². The fraction of sp³-hybridized carbons (Fsp3) is 0.300. The van der Waals surface area contributed by atoms with E-state index in [4.69, 9.17) is 19.5 Å². The summed E-state index contributed by atoms with van der Waals surface area (Å²) in [6.45, 7) is 1.30. The van der Waals surface area contributed by atoms with Gasteiger partial charge in [-0.3, -0.25) is 4.79 Å². The van der Waals surface area contributed by atoms with Crippen molar-refractivity contribution in [2.45, 2.75) is 12.8 Å². The lowest BCUT2D eigenvalue weighted by Gasteiger charge is -2.13. The molecule has 1 amide bonds. The van der Waals surface area contributed by atoms with Gasteiger partial charge in [0.25, 0.3) is 0 Å². The van der Waals surface area contributed by atoms with Gasteiger partial charge in [0.05, 0.1) is 13.2 Å². The first-order valence-electron chi connectivity index (χ1n) is 8.34. The molecule has 0 unspecified atom stereocenters. The molecule has 0 radical (unpaired) electrons. The van der Waals surface area contributed by atoms with Crippen molar-refractivity contribution in [3.05, 3.63) is 54.1 Å². The molecule has 2 aromatic rings. The van der Waals surface area contributed by atoms with Crippen molar-refractivity contribution in [1.29, 1.82) is 5.26 Å². The van der Waals surface area contributed by atoms with Gasteiger partial charge in [0.2, 0.25) is 5.91 Å². The van der Waals surface area contributed by atoms with Crippen molar-refractivity contribution in [3.63, 3.8) is 0 Å². The first-order valence-corrected chi connectivity index (χ1v) is 8.34. The Morgan fingerprint density at radius 1 is 1.08 bits per heavy atom. The number of nitrogens with zero attached hydrogens (tertiary/aromatic N) is 1. The Labute approximate surface area is 153 Å². The van der Waals surface area contributed by atoms with E-state index in [2.05, 4.69) is 5.32 Å². The van der Waals surface area contributed by atoms with Gasteiger partial charge in [-0.25, -0.2) is 0 Å². The van der Waals surface area contributed by atoms with Crippen LogP contribution in [0.25, 0.3) is 0 Å². The largest absolute Gasteiger partial charge is 0.493 e. The number of carbonyl (C=O) groups is 1. The van der Waals surface area contributed by atoms with Crippen LogP contribution in [0.4, 0.5) is 0 Å². The lowest BCUT2D eigenvalue weighted by Crippen LogP contribution is -2.24. The van der Waals surface area contributed by atoms with E-state index in [1.807, 2.05) is 54.6 Å². The summed E-state index contributed by atoms with van der Waals surface area (Å²) in [5.74, 6) is 1.81. The predicted octanol–water partition coefficient (Wildman–Crippen LogP) is 2.73. The van der Waals surface area contributed by atoms with E-state index in [-0.39, 0.29) is 12.3 Å². The Morgan fingerprint density at radius 2 is 1.85 bits per heavy atom. The number of nitrogens with one attached hydrogen (secondary N) is 1. The Kier molecular flexibility index (Phi) is 7.81. The summed E-state index contributed by atoms with van der Waals surface area (Å²) in [4.78, 5) is 11.3. The van der Waals surface area contributed by atoms with Crippen LogP contribution in [0.1, 0.15) is 12.0 Å². The monoisotopic (exact) mass is 354 g/mol. The molecule has 0 bridgehead atoms. The van der Waals surface area contributed by atoms with Crippen LogP contribution >= 0.6 is 0 Å². The summed E-state index contributed by atoms with van der Waals surface area (Å²) in [7, 11) is 1.58. The zero-order valence-corrected chi connectivity index (χ0v) is 14.7. The second-order valence-corrected chi connectivity index (χ2v) is 5.43. The Morgan fingerprint density at radius 3 is 2.58 bits per heavy atom. The minimum absolute atomic E-state index is 0.124. The van der Waals surface area contributed by atoms with Gasteiger partial charge in [-0.1, -0.05) is 24.3 Å². The zero-order valence-electron chi connectivity index (χ0n) is 14.7. The van der Waals surface area contributed by atoms with Crippen LogP contribution in [0.3, 0.4) is 0 Å². The van der Waals surface area contributed by atoms with Crippen molar-refractivity contribution in [3.8, 4) is 23.3 Å². The van der Waals surface area contributed by atoms with Gasteiger partial charge in [0, 0.05) is 6.54 Å². The quantitative estimate of drug-likeness (QED) is 0.664. The van der Waals surface area contributed by atoms with E-state index in [1.165, 1.54) is 0 Å². The molecule has 2 aromatic carbocycles. The molecule has 26 heavy (non-hydrogen) atoms. The Hall–Kier alpha value is -3.20. The van der Waals surface area contributed by atoms with Gasteiger partial charge in [-0.05, 0) is 36.2 Å². The number of hydrogen-bond acceptors (Lipinski definition) is 5. The van der Waals surface area contributed by atoms with Crippen LogP contribution in [0.15, 0.2) is 48.5 Å². The highest BCUT2D eigenvalue weighted by molar-refractivity contribution is 5.77. The van der Waals surface area contributed by atoms with E-state index in [0.717, 1.165) is 11.3 Å². The molecule has 0 aliphatic heterocycles. The average molecular weight is 354 g/mol. The van der Waals surface area contributed by atoms with E-state index in [0.29, 0.717) is 37.7 Å². The number of benzene rings is 2. The molecule has 0 atom stereocenters. The summed E-state index contributed by atoms with van der Waals surface area (Å²) in [6.07, 6.45) is 0.520. The maximum Gasteiger partial charge on any atom is 0.234 e. The standard InChI is InChI=1S/C20H22N2O4/c1-24-19-15-16(10-12-22-20(23)9-11-21)7-8-18(19)26-14-13-25-17-5-3-2-4-6-17/h2-8,15H,9-10,12-14H2,1H3,(H,22,23). The second kappa shape index (κ2) is 10.6. The molecule has 0 aliphatic rings. The number of hydrogen-bond donors (Lipinski definition) is 1. The number of carbonyl (C=O) groups excluding carboxylic acids is 1. The maximum atomic E-state index is 11.3. The van der Waals surface area contributed by atoms with Crippen LogP contribution in [0, 0.1) is 11.3 Å². The molecule has 0 saturated carbocycles. The minimum Gasteiger partial charge on any atom is -0.493 e. The molecule has 0 saturated heterocycles. The third-order valence-corrected chi connectivity index (χ3v) is 3.56. The summed E-state index contributed by atoms with van der Waals surface area (Å²) in [6, 6.07) is 17.0. The SMILES string of the molecule is COc1cc(CCNC(=O)CC#N)ccc1OCCOc1ccccc1. The van der Waals surface area contributed by atoms with Crippen LogP contribution in [-0.4, -0.2) is 32.8 Å². The molecule has 2 rings (SSSR count). The lowest BCUT2D eigenvalue weighted by molar-refractivity contribution is -0.120. The van der Waals surface area contributed by atoms with Crippen LogP contribution in [-0.2, 0) is 11.2 Å². The lowest BCUT2D eigenvalue weighted by atomic mass is 10.1. The van der Waals surface area contributed by atoms with Crippen molar-refractivity contribution >= 4 is 5.91 Å². The third kappa shape index (κ3) is 6.36. The maximum absolute atomic E-state index is 11.3. The van der Waals surface area contributed by atoms with Crippen LogP contribution < -0.4 is 19.5 Å². The van der Waals surface area contributed by atoms with Gasteiger partial charge in [0.1, 0.15) is 25.4 Å². The van der Waals surface area contributed by atoms with Gasteiger partial charge >= 0.3 is 0 Å². The molecular formula is C20H22N2O4. The molecule has 0 spiro atoms. The van der Waals surface area contributed by atoms with E-state index in [9.17, 15) is 4.79 Å². The number of nitriles is 1. The topological polar surface area (TPSA) is 80.6 Å². The second-order valence-electron chi connectivity index (χ2n) is 5.43. The van der Waals surface area contributed by atoms with Crippen molar-refractivity contribution in [2.24, 2.45) is 0 Å². The summed E-state index contributed by atoms with van der Waals surface area (Å²) < 4.78 is 16.7. The molecule has 1 N–H and O–H groups in total. The zero-order chi connectivity index (χ0) is 18.6. The van der Waals surface area contributed by atoms with Gasteiger partial charge in [-0.2, -0.15) is 5.26 Å². The fourth-order valence-electron chi connectivity index (χ4n) is 2.30. The van der Waals surface area contributed by atoms with Gasteiger partial charge in [0.15, 0.2) is 11.5 Å². The number of para-hydroxylation sites is 1. The van der Waals surface area contributed by atoms with Crippen LogP contribution in [0.2, 0.25) is 0 Å². The Balaban J connectivity index is 1.80. The van der Waals surface area contributed by atoms with Crippen molar-refractivity contribution in [1.82, 2.24) is 5.32 Å². The van der Waals surface area contributed by atoms with E-state index < -0.39 is 0 Å². The molecule has 0 aliphatic carbocycles. The molecule has 0 fully saturated rings. The van der Waals surface area contributed by atoms with Gasteiger partial charge in [-0.15, -0.1) is 0 Å².